The van der Waals surface area contributed by atoms with Crippen LogP contribution in [-0.2, 0) is 4.79 Å². The maximum atomic E-state index is 13.2. The molecule has 2 amide bonds. The minimum atomic E-state index is -4.92. The van der Waals surface area contributed by atoms with Gasteiger partial charge in [-0.15, -0.1) is 13.2 Å². The summed E-state index contributed by atoms with van der Waals surface area (Å²) in [5, 5.41) is 2.76. The molecule has 40 heavy (non-hydrogen) atoms. The number of nitrogens with one attached hydrogen (secondary N) is 1. The van der Waals surface area contributed by atoms with Crippen LogP contribution < -0.4 is 10.1 Å². The number of likely N-dealkylation sites (N-methyl/N-ethyl adjacent to an activating group) is 1. The molecule has 4 rings (SSSR count). The van der Waals surface area contributed by atoms with Crippen LogP contribution in [0.5, 0.6) is 5.75 Å². The normalized spacial score (nSPS) is 16.5. The Morgan fingerprint density at radius 3 is 2.73 bits per heavy atom. The van der Waals surface area contributed by atoms with Gasteiger partial charge in [-0.05, 0) is 52.4 Å². The second-order valence-corrected chi connectivity index (χ2v) is 10.3. The highest BCUT2D eigenvalue weighted by Gasteiger charge is 2.33. The van der Waals surface area contributed by atoms with Gasteiger partial charge >= 0.3 is 6.36 Å². The highest BCUT2D eigenvalue weighted by Crippen LogP contribution is 2.37. The van der Waals surface area contributed by atoms with Crippen LogP contribution in [0.1, 0.15) is 41.4 Å². The van der Waals surface area contributed by atoms with E-state index in [1.54, 1.807) is 34.6 Å². The fourth-order valence-electron chi connectivity index (χ4n) is 4.65. The molecule has 1 atom stereocenters. The van der Waals surface area contributed by atoms with Crippen molar-refractivity contribution in [2.24, 2.45) is 0 Å². The van der Waals surface area contributed by atoms with E-state index in [0.717, 1.165) is 25.0 Å². The molecule has 1 aliphatic heterocycles. The number of halogens is 4. The maximum absolute atomic E-state index is 13.2. The SMILES string of the molecule is Cc1cc(C(=O)Nc2nc3cc(OC(F)(F)F)cc(Cl)c3n2C2CCCCN(C(=O)/C=C/CN(C)C)C2)ccn1. The second-order valence-electron chi connectivity index (χ2n) is 9.86. The number of ether oxygens (including phenoxy) is 1. The third-order valence-corrected chi connectivity index (χ3v) is 6.67. The zero-order chi connectivity index (χ0) is 29.0. The number of alkyl halides is 3. The largest absolute Gasteiger partial charge is 0.573 e. The molecule has 0 saturated carbocycles. The number of likely N-dealkylation sites (tertiary alicyclic amines) is 1. The molecular weight excluding hydrogens is 549 g/mol. The molecule has 214 valence electrons. The molecule has 0 bridgehead atoms. The molecule has 1 N–H and O–H groups in total. The third kappa shape index (κ3) is 7.30. The summed E-state index contributed by atoms with van der Waals surface area (Å²) in [5.74, 6) is -1.05. The second kappa shape index (κ2) is 12.3. The lowest BCUT2D eigenvalue weighted by Gasteiger charge is -2.26. The molecule has 3 heterocycles. The molecule has 1 fully saturated rings. The standard InChI is InChI=1S/C27H30ClF3N6O3/c1-17-13-18(9-10-32-17)25(39)34-26-33-22-15-20(40-27(29,30)31)14-21(28)24(22)37(26)19-7-4-5-12-36(16-19)23(38)8-6-11-35(2)3/h6,8-10,13-15,19H,4-5,7,11-12,16H2,1-3H3,(H,33,34,39)/b8-6+. The van der Waals surface area contributed by atoms with Crippen LogP contribution in [0.4, 0.5) is 19.1 Å². The number of carbonyl (C=O) groups is 2. The minimum Gasteiger partial charge on any atom is -0.406 e. The predicted molar refractivity (Wildman–Crippen MR) is 146 cm³/mol. The van der Waals surface area contributed by atoms with Crippen LogP contribution in [0, 0.1) is 6.92 Å². The van der Waals surface area contributed by atoms with E-state index in [0.29, 0.717) is 42.8 Å². The van der Waals surface area contributed by atoms with Crippen LogP contribution in [0.2, 0.25) is 5.02 Å². The molecule has 1 aliphatic rings. The number of rotatable bonds is 7. The molecule has 13 heteroatoms. The van der Waals surface area contributed by atoms with Gasteiger partial charge in [0, 0.05) is 55.3 Å². The van der Waals surface area contributed by atoms with E-state index in [4.69, 9.17) is 11.6 Å². The number of hydrogen-bond donors (Lipinski definition) is 1. The third-order valence-electron chi connectivity index (χ3n) is 6.38. The monoisotopic (exact) mass is 578 g/mol. The predicted octanol–water partition coefficient (Wildman–Crippen LogP) is 5.22. The number of pyridine rings is 1. The van der Waals surface area contributed by atoms with Crippen LogP contribution in [0.25, 0.3) is 11.0 Å². The summed E-state index contributed by atoms with van der Waals surface area (Å²) in [5.41, 5.74) is 1.42. The van der Waals surface area contributed by atoms with Gasteiger partial charge in [0.15, 0.2) is 0 Å². The number of amides is 2. The Labute approximate surface area is 234 Å². The van der Waals surface area contributed by atoms with Gasteiger partial charge < -0.3 is 19.1 Å². The Balaban J connectivity index is 1.75. The van der Waals surface area contributed by atoms with Gasteiger partial charge in [0.25, 0.3) is 5.91 Å². The lowest BCUT2D eigenvalue weighted by atomic mass is 10.1. The van der Waals surface area contributed by atoms with Crippen molar-refractivity contribution in [1.29, 1.82) is 0 Å². The number of aryl methyl sites for hydroxylation is 1. The highest BCUT2D eigenvalue weighted by atomic mass is 35.5. The summed E-state index contributed by atoms with van der Waals surface area (Å²) in [6.07, 6.45) is 2.09. The Morgan fingerprint density at radius 2 is 2.02 bits per heavy atom. The smallest absolute Gasteiger partial charge is 0.406 e. The molecule has 9 nitrogen and oxygen atoms in total. The summed E-state index contributed by atoms with van der Waals surface area (Å²) in [6.45, 7) is 3.20. The summed E-state index contributed by atoms with van der Waals surface area (Å²) < 4.78 is 44.6. The first-order chi connectivity index (χ1) is 18.9. The topological polar surface area (TPSA) is 92.6 Å². The first-order valence-corrected chi connectivity index (χ1v) is 13.1. The lowest BCUT2D eigenvalue weighted by molar-refractivity contribution is -0.274. The molecule has 1 unspecified atom stereocenters. The van der Waals surface area contributed by atoms with Gasteiger partial charge in [0.2, 0.25) is 11.9 Å². The Bertz CT molecular complexity index is 1420. The highest BCUT2D eigenvalue weighted by molar-refractivity contribution is 6.35. The molecular formula is C27H30ClF3N6O3. The van der Waals surface area contributed by atoms with Crippen molar-refractivity contribution in [3.8, 4) is 5.75 Å². The number of fused-ring (bicyclic) bond motifs is 1. The number of imidazole rings is 1. The number of carbonyl (C=O) groups excluding carboxylic acids is 2. The van der Waals surface area contributed by atoms with E-state index in [-0.39, 0.29) is 28.4 Å². The van der Waals surface area contributed by atoms with Gasteiger partial charge in [-0.3, -0.25) is 19.9 Å². The van der Waals surface area contributed by atoms with Crippen molar-refractivity contribution in [3.05, 3.63) is 58.9 Å². The quantitative estimate of drug-likeness (QED) is 0.387. The van der Waals surface area contributed by atoms with Crippen molar-refractivity contribution < 1.29 is 27.5 Å². The molecule has 0 aliphatic carbocycles. The van der Waals surface area contributed by atoms with Crippen molar-refractivity contribution in [1.82, 2.24) is 24.3 Å². The van der Waals surface area contributed by atoms with Gasteiger partial charge in [0.1, 0.15) is 5.75 Å². The van der Waals surface area contributed by atoms with E-state index in [9.17, 15) is 22.8 Å². The van der Waals surface area contributed by atoms with Gasteiger partial charge in [-0.25, -0.2) is 4.98 Å². The van der Waals surface area contributed by atoms with Crippen molar-refractivity contribution in [3.63, 3.8) is 0 Å². The van der Waals surface area contributed by atoms with E-state index in [1.807, 2.05) is 19.0 Å². The molecule has 0 spiro atoms. The van der Waals surface area contributed by atoms with E-state index < -0.39 is 18.0 Å². The fraction of sp³-hybridized carbons (Fsp3) is 0.407. The van der Waals surface area contributed by atoms with Crippen LogP contribution in [0.15, 0.2) is 42.6 Å². The van der Waals surface area contributed by atoms with Crippen LogP contribution in [0.3, 0.4) is 0 Å². The molecule has 3 aromatic rings. The van der Waals surface area contributed by atoms with Crippen LogP contribution in [-0.4, -0.2) is 76.2 Å². The van der Waals surface area contributed by atoms with Crippen LogP contribution >= 0.6 is 11.6 Å². The van der Waals surface area contributed by atoms with E-state index in [1.165, 1.54) is 12.3 Å². The van der Waals surface area contributed by atoms with E-state index >= 15 is 0 Å². The first-order valence-electron chi connectivity index (χ1n) is 12.7. The number of hydrogen-bond acceptors (Lipinski definition) is 6. The van der Waals surface area contributed by atoms with E-state index in [2.05, 4.69) is 20.0 Å². The number of nitrogens with zero attached hydrogens (tertiary/aromatic N) is 5. The molecule has 1 saturated heterocycles. The zero-order valence-electron chi connectivity index (χ0n) is 22.3. The fourth-order valence-corrected chi connectivity index (χ4v) is 4.95. The summed E-state index contributed by atoms with van der Waals surface area (Å²) in [4.78, 5) is 38.4. The Kier molecular flexibility index (Phi) is 8.99. The zero-order valence-corrected chi connectivity index (χ0v) is 23.1. The van der Waals surface area contributed by atoms with Crippen molar-refractivity contribution >= 4 is 40.4 Å². The van der Waals surface area contributed by atoms with Crippen molar-refractivity contribution in [2.75, 3.05) is 39.0 Å². The lowest BCUT2D eigenvalue weighted by Crippen LogP contribution is -2.34. The molecule has 0 radical (unpaired) electrons. The summed E-state index contributed by atoms with van der Waals surface area (Å²) in [7, 11) is 3.80. The maximum Gasteiger partial charge on any atom is 0.573 e. The number of aromatic nitrogens is 3. The Hall–Kier alpha value is -3.64. The molecule has 2 aromatic heterocycles. The van der Waals surface area contributed by atoms with Gasteiger partial charge in [-0.1, -0.05) is 17.7 Å². The first kappa shape index (κ1) is 29.3. The minimum absolute atomic E-state index is 0.0301. The number of anilines is 1. The Morgan fingerprint density at radius 1 is 1.25 bits per heavy atom. The summed E-state index contributed by atoms with van der Waals surface area (Å²) in [6, 6.07) is 4.98. The van der Waals surface area contributed by atoms with Gasteiger partial charge in [0.05, 0.1) is 22.1 Å². The number of benzene rings is 1. The summed E-state index contributed by atoms with van der Waals surface area (Å²) >= 11 is 6.52. The molecule has 1 aromatic carbocycles. The average Bonchev–Trinajstić information content (AvgIpc) is 3.03. The van der Waals surface area contributed by atoms with Gasteiger partial charge in [-0.2, -0.15) is 0 Å². The average molecular weight is 579 g/mol. The van der Waals surface area contributed by atoms with Crippen molar-refractivity contribution in [2.45, 2.75) is 38.6 Å².